The van der Waals surface area contributed by atoms with Gasteiger partial charge in [-0.1, -0.05) is 19.4 Å². The summed E-state index contributed by atoms with van der Waals surface area (Å²) >= 11 is 0. The Bertz CT molecular complexity index is 644. The molecule has 0 radical (unpaired) electrons. The summed E-state index contributed by atoms with van der Waals surface area (Å²) in [7, 11) is 0. The lowest BCUT2D eigenvalue weighted by atomic mass is 10.2. The van der Waals surface area contributed by atoms with Crippen molar-refractivity contribution in [1.82, 2.24) is 10.3 Å². The lowest BCUT2D eigenvalue weighted by Crippen LogP contribution is -2.30. The minimum Gasteiger partial charge on any atom is -0.494 e. The number of nitrogens with one attached hydrogen (secondary N) is 2. The molecule has 0 aliphatic rings. The summed E-state index contributed by atoms with van der Waals surface area (Å²) in [6.45, 7) is 5.35. The van der Waals surface area contributed by atoms with E-state index in [0.717, 1.165) is 42.1 Å². The van der Waals surface area contributed by atoms with Crippen molar-refractivity contribution in [2.24, 2.45) is 0 Å². The molecule has 1 heterocycles. The third-order valence-corrected chi connectivity index (χ3v) is 3.61. The molecule has 2 amide bonds. The fourth-order valence-corrected chi connectivity index (χ4v) is 2.22. The number of hydrogen-bond acceptors (Lipinski definition) is 3. The van der Waals surface area contributed by atoms with Crippen LogP contribution in [0.15, 0.2) is 42.6 Å². The number of carbonyl (C=O) groups is 1. The Labute approximate surface area is 143 Å². The fraction of sp³-hybridized carbons (Fsp3) is 0.368. The summed E-state index contributed by atoms with van der Waals surface area (Å²) in [5.74, 6) is 0.835. The Morgan fingerprint density at radius 1 is 1.25 bits per heavy atom. The highest BCUT2D eigenvalue weighted by Gasteiger charge is 2.05. The van der Waals surface area contributed by atoms with E-state index in [1.807, 2.05) is 43.3 Å². The standard InChI is InChI=1S/C19H25N3O2/c1-3-4-13-24-17-8-9-18(15(2)14-17)22-19(23)21-12-10-16-7-5-6-11-20-16/h5-9,11,14H,3-4,10,12-13H2,1-2H3,(H2,21,22,23). The normalized spacial score (nSPS) is 10.2. The summed E-state index contributed by atoms with van der Waals surface area (Å²) < 4.78 is 5.67. The van der Waals surface area contributed by atoms with Crippen molar-refractivity contribution < 1.29 is 9.53 Å². The molecule has 0 bridgehead atoms. The number of nitrogens with zero attached hydrogens (tertiary/aromatic N) is 1. The smallest absolute Gasteiger partial charge is 0.319 e. The van der Waals surface area contributed by atoms with Crippen molar-refractivity contribution in [3.8, 4) is 5.75 Å². The van der Waals surface area contributed by atoms with E-state index in [4.69, 9.17) is 4.74 Å². The van der Waals surface area contributed by atoms with Gasteiger partial charge in [-0.15, -0.1) is 0 Å². The zero-order valence-electron chi connectivity index (χ0n) is 14.3. The maximum Gasteiger partial charge on any atom is 0.319 e. The van der Waals surface area contributed by atoms with Crippen LogP contribution in [0.2, 0.25) is 0 Å². The van der Waals surface area contributed by atoms with Gasteiger partial charge in [0.05, 0.1) is 6.61 Å². The maximum absolute atomic E-state index is 12.0. The van der Waals surface area contributed by atoms with Crippen LogP contribution in [0.1, 0.15) is 31.0 Å². The zero-order chi connectivity index (χ0) is 17.2. The molecule has 0 saturated carbocycles. The van der Waals surface area contributed by atoms with Crippen LogP contribution >= 0.6 is 0 Å². The van der Waals surface area contributed by atoms with Gasteiger partial charge in [-0.3, -0.25) is 4.98 Å². The monoisotopic (exact) mass is 327 g/mol. The SMILES string of the molecule is CCCCOc1ccc(NC(=O)NCCc2ccccn2)c(C)c1. The number of ether oxygens (including phenoxy) is 1. The van der Waals surface area contributed by atoms with Crippen LogP contribution in [0.25, 0.3) is 0 Å². The minimum absolute atomic E-state index is 0.214. The first kappa shape index (κ1) is 17.8. The van der Waals surface area contributed by atoms with Gasteiger partial charge in [0.25, 0.3) is 0 Å². The number of anilines is 1. The second kappa shape index (κ2) is 9.55. The third kappa shape index (κ3) is 5.91. The number of amides is 2. The summed E-state index contributed by atoms with van der Waals surface area (Å²) in [6.07, 6.45) is 4.61. The first-order valence-corrected chi connectivity index (χ1v) is 8.37. The molecule has 24 heavy (non-hydrogen) atoms. The second-order valence-corrected chi connectivity index (χ2v) is 5.63. The van der Waals surface area contributed by atoms with E-state index in [9.17, 15) is 4.79 Å². The Hall–Kier alpha value is -2.56. The largest absolute Gasteiger partial charge is 0.494 e. The lowest BCUT2D eigenvalue weighted by molar-refractivity contribution is 0.252. The average molecular weight is 327 g/mol. The molecule has 0 spiro atoms. The first-order valence-electron chi connectivity index (χ1n) is 8.37. The molecule has 5 heteroatoms. The predicted octanol–water partition coefficient (Wildman–Crippen LogP) is 3.93. The molecule has 2 aromatic rings. The highest BCUT2D eigenvalue weighted by Crippen LogP contribution is 2.21. The van der Waals surface area contributed by atoms with Crippen molar-refractivity contribution in [3.05, 3.63) is 53.9 Å². The topological polar surface area (TPSA) is 63.2 Å². The molecule has 0 unspecified atom stereocenters. The number of pyridine rings is 1. The van der Waals surface area contributed by atoms with E-state index in [1.54, 1.807) is 6.20 Å². The molecule has 2 N–H and O–H groups in total. The molecule has 1 aromatic carbocycles. The molecule has 0 atom stereocenters. The summed E-state index contributed by atoms with van der Waals surface area (Å²) in [6, 6.07) is 11.2. The summed E-state index contributed by atoms with van der Waals surface area (Å²) in [5.41, 5.74) is 2.72. The molecular formula is C19H25N3O2. The van der Waals surface area contributed by atoms with Crippen molar-refractivity contribution in [3.63, 3.8) is 0 Å². The molecule has 2 rings (SSSR count). The van der Waals surface area contributed by atoms with E-state index < -0.39 is 0 Å². The second-order valence-electron chi connectivity index (χ2n) is 5.63. The van der Waals surface area contributed by atoms with Crippen LogP contribution in [0.3, 0.4) is 0 Å². The third-order valence-electron chi connectivity index (χ3n) is 3.61. The van der Waals surface area contributed by atoms with Gasteiger partial charge in [-0.2, -0.15) is 0 Å². The quantitative estimate of drug-likeness (QED) is 0.722. The highest BCUT2D eigenvalue weighted by molar-refractivity contribution is 5.90. The Kier molecular flexibility index (Phi) is 7.08. The lowest BCUT2D eigenvalue weighted by Gasteiger charge is -2.12. The van der Waals surface area contributed by atoms with Gasteiger partial charge >= 0.3 is 6.03 Å². The highest BCUT2D eigenvalue weighted by atomic mass is 16.5. The van der Waals surface area contributed by atoms with Crippen LogP contribution in [-0.4, -0.2) is 24.2 Å². The van der Waals surface area contributed by atoms with E-state index in [1.165, 1.54) is 0 Å². The number of hydrogen-bond donors (Lipinski definition) is 2. The van der Waals surface area contributed by atoms with Gasteiger partial charge in [0.2, 0.25) is 0 Å². The molecule has 5 nitrogen and oxygen atoms in total. The van der Waals surface area contributed by atoms with Crippen LogP contribution in [0.4, 0.5) is 10.5 Å². The molecule has 0 fully saturated rings. The number of aromatic nitrogens is 1. The molecular weight excluding hydrogens is 302 g/mol. The first-order chi connectivity index (χ1) is 11.7. The number of carbonyl (C=O) groups excluding carboxylic acids is 1. The molecule has 1 aromatic heterocycles. The number of rotatable bonds is 8. The van der Waals surface area contributed by atoms with Crippen molar-refractivity contribution in [1.29, 1.82) is 0 Å². The molecule has 128 valence electrons. The van der Waals surface area contributed by atoms with Gasteiger partial charge in [0, 0.05) is 30.5 Å². The van der Waals surface area contributed by atoms with Crippen molar-refractivity contribution >= 4 is 11.7 Å². The Morgan fingerprint density at radius 2 is 2.12 bits per heavy atom. The minimum atomic E-state index is -0.214. The maximum atomic E-state index is 12.0. The number of unbranched alkanes of at least 4 members (excludes halogenated alkanes) is 1. The predicted molar refractivity (Wildman–Crippen MR) is 96.5 cm³/mol. The van der Waals surface area contributed by atoms with Crippen LogP contribution in [-0.2, 0) is 6.42 Å². The Balaban J connectivity index is 1.78. The van der Waals surface area contributed by atoms with Gasteiger partial charge in [0.15, 0.2) is 0 Å². The summed E-state index contributed by atoms with van der Waals surface area (Å²) in [5, 5.41) is 5.71. The van der Waals surface area contributed by atoms with Gasteiger partial charge in [0.1, 0.15) is 5.75 Å². The van der Waals surface area contributed by atoms with Crippen molar-refractivity contribution in [2.45, 2.75) is 33.1 Å². The number of aryl methyl sites for hydroxylation is 1. The summed E-state index contributed by atoms with van der Waals surface area (Å²) in [4.78, 5) is 16.2. The zero-order valence-corrected chi connectivity index (χ0v) is 14.3. The van der Waals surface area contributed by atoms with Gasteiger partial charge in [-0.25, -0.2) is 4.79 Å². The van der Waals surface area contributed by atoms with E-state index in [-0.39, 0.29) is 6.03 Å². The molecule has 0 aliphatic carbocycles. The van der Waals surface area contributed by atoms with E-state index >= 15 is 0 Å². The number of benzene rings is 1. The van der Waals surface area contributed by atoms with Crippen LogP contribution in [0.5, 0.6) is 5.75 Å². The fourth-order valence-electron chi connectivity index (χ4n) is 2.22. The molecule has 0 saturated heterocycles. The number of urea groups is 1. The van der Waals surface area contributed by atoms with Crippen molar-refractivity contribution in [2.75, 3.05) is 18.5 Å². The van der Waals surface area contributed by atoms with Crippen LogP contribution < -0.4 is 15.4 Å². The molecule has 0 aliphatic heterocycles. The van der Waals surface area contributed by atoms with E-state index in [0.29, 0.717) is 13.0 Å². The average Bonchev–Trinajstić information content (AvgIpc) is 2.58. The van der Waals surface area contributed by atoms with Gasteiger partial charge < -0.3 is 15.4 Å². The van der Waals surface area contributed by atoms with E-state index in [2.05, 4.69) is 22.5 Å². The Morgan fingerprint density at radius 3 is 2.83 bits per heavy atom. The van der Waals surface area contributed by atoms with Gasteiger partial charge in [-0.05, 0) is 49.2 Å². The van der Waals surface area contributed by atoms with Crippen LogP contribution in [0, 0.1) is 6.92 Å².